The highest BCUT2D eigenvalue weighted by Crippen LogP contribution is 2.56. The summed E-state index contributed by atoms with van der Waals surface area (Å²) in [7, 11) is 0. The van der Waals surface area contributed by atoms with E-state index in [4.69, 9.17) is 0 Å². The second kappa shape index (κ2) is 9.33. The number of nitrogens with one attached hydrogen (secondary N) is 2. The van der Waals surface area contributed by atoms with Crippen molar-refractivity contribution >= 4 is 11.6 Å². The average Bonchev–Trinajstić information content (AvgIpc) is 3.40. The van der Waals surface area contributed by atoms with E-state index in [0.29, 0.717) is 11.6 Å². The third-order valence-electron chi connectivity index (χ3n) is 12.0. The predicted molar refractivity (Wildman–Crippen MR) is 145 cm³/mol. The molecule has 4 unspecified atom stereocenters. The van der Waals surface area contributed by atoms with Gasteiger partial charge in [0, 0.05) is 5.54 Å². The molecule has 5 heterocycles. The Labute approximate surface area is 219 Å². The van der Waals surface area contributed by atoms with Crippen molar-refractivity contribution in [2.75, 3.05) is 0 Å². The van der Waals surface area contributed by atoms with E-state index < -0.39 is 16.6 Å². The molecule has 5 aliphatic heterocycles. The lowest BCUT2D eigenvalue weighted by Gasteiger charge is -2.49. The lowest BCUT2D eigenvalue weighted by Crippen LogP contribution is -2.68. The number of Topliss-reactive ketones (excluding diaryl/α,β-unsaturated/α-hetero) is 1. The summed E-state index contributed by atoms with van der Waals surface area (Å²) in [5.74, 6) is 0.742. The van der Waals surface area contributed by atoms with Crippen LogP contribution in [0.5, 0.6) is 0 Å². The first-order valence-electron chi connectivity index (χ1n) is 15.8. The van der Waals surface area contributed by atoms with Crippen LogP contribution in [0.25, 0.3) is 0 Å². The molecule has 0 aromatic heterocycles. The molecule has 4 nitrogen and oxygen atoms in total. The van der Waals surface area contributed by atoms with Crippen LogP contribution < -0.4 is 10.6 Å². The van der Waals surface area contributed by atoms with Crippen LogP contribution >= 0.6 is 0 Å². The van der Waals surface area contributed by atoms with E-state index in [1.54, 1.807) is 0 Å². The van der Waals surface area contributed by atoms with Gasteiger partial charge in [-0.05, 0) is 87.7 Å². The number of ketones is 2. The largest absolute Gasteiger partial charge is 0.296 e. The zero-order valence-electron chi connectivity index (χ0n) is 23.0. The second-order valence-corrected chi connectivity index (χ2v) is 13.9. The molecule has 2 N–H and O–H groups in total. The number of carbonyl (C=O) groups is 2. The van der Waals surface area contributed by atoms with Gasteiger partial charge in [-0.25, -0.2) is 0 Å². The van der Waals surface area contributed by atoms with Crippen molar-refractivity contribution in [3.8, 4) is 0 Å². The van der Waals surface area contributed by atoms with Crippen LogP contribution in [0.1, 0.15) is 148 Å². The first-order valence-corrected chi connectivity index (χ1v) is 15.8. The number of hydrogen-bond donors (Lipinski definition) is 2. The van der Waals surface area contributed by atoms with Gasteiger partial charge >= 0.3 is 0 Å². The predicted octanol–water partition coefficient (Wildman–Crippen LogP) is 6.86. The lowest BCUT2D eigenvalue weighted by atomic mass is 9.62. The Hall–Kier alpha value is -1.00. The fraction of sp³-hybridized carbons (Fsp3) is 0.875. The normalized spacial score (nSPS) is 44.8. The van der Waals surface area contributed by atoms with Gasteiger partial charge < -0.3 is 0 Å². The highest BCUT2D eigenvalue weighted by atomic mass is 16.1. The molecule has 1 aliphatic carbocycles. The van der Waals surface area contributed by atoms with Gasteiger partial charge in [0.2, 0.25) is 0 Å². The van der Waals surface area contributed by atoms with Crippen molar-refractivity contribution < 1.29 is 9.59 Å². The first-order chi connectivity index (χ1) is 17.4. The van der Waals surface area contributed by atoms with Gasteiger partial charge in [0.15, 0.2) is 11.6 Å². The summed E-state index contributed by atoms with van der Waals surface area (Å²) in [6, 6.07) is 0. The van der Waals surface area contributed by atoms with E-state index in [9.17, 15) is 9.59 Å². The van der Waals surface area contributed by atoms with Crippen LogP contribution in [0.15, 0.2) is 11.6 Å². The van der Waals surface area contributed by atoms with E-state index in [0.717, 1.165) is 77.0 Å². The molecule has 36 heavy (non-hydrogen) atoms. The Morgan fingerprint density at radius 2 is 0.972 bits per heavy atom. The van der Waals surface area contributed by atoms with Crippen LogP contribution in [0, 0.1) is 5.41 Å². The zero-order valence-corrected chi connectivity index (χ0v) is 23.0. The maximum atomic E-state index is 14.9. The molecule has 6 aliphatic rings. The summed E-state index contributed by atoms with van der Waals surface area (Å²) in [6.07, 6.45) is 26.6. The SMILES string of the molecule is CCC1(/C2=C/C(=O)C34CCCCCCC(CC3)(N4)C(=O)C34CCCCCC2(CC3)N4)CCCCCC1. The molecule has 0 aromatic carbocycles. The maximum Gasteiger partial charge on any atom is 0.175 e. The number of hydrogen-bond acceptors (Lipinski definition) is 4. The summed E-state index contributed by atoms with van der Waals surface area (Å²) >= 11 is 0. The molecule has 4 atom stereocenters. The zero-order chi connectivity index (χ0) is 24.9. The monoisotopic (exact) mass is 494 g/mol. The fourth-order valence-electron chi connectivity index (χ4n) is 9.96. The van der Waals surface area contributed by atoms with Crippen molar-refractivity contribution in [2.45, 2.75) is 170 Å². The molecule has 4 saturated heterocycles. The average molecular weight is 495 g/mol. The van der Waals surface area contributed by atoms with Gasteiger partial charge in [0.05, 0.1) is 16.6 Å². The quantitative estimate of drug-likeness (QED) is 0.412. The van der Waals surface area contributed by atoms with Crippen molar-refractivity contribution in [3.63, 3.8) is 0 Å². The molecule has 6 rings (SSSR count). The summed E-state index contributed by atoms with van der Waals surface area (Å²) in [4.78, 5) is 29.5. The summed E-state index contributed by atoms with van der Waals surface area (Å²) in [5, 5.41) is 8.13. The number of carbonyl (C=O) groups excluding carboxylic acids is 2. The molecule has 1 saturated carbocycles. The van der Waals surface area contributed by atoms with Crippen molar-refractivity contribution in [1.29, 1.82) is 0 Å². The maximum absolute atomic E-state index is 14.9. The topological polar surface area (TPSA) is 58.2 Å². The van der Waals surface area contributed by atoms with E-state index in [1.165, 1.54) is 69.8 Å². The lowest BCUT2D eigenvalue weighted by molar-refractivity contribution is -0.133. The molecule has 0 spiro atoms. The van der Waals surface area contributed by atoms with Crippen molar-refractivity contribution in [1.82, 2.24) is 10.6 Å². The number of rotatable bonds is 2. The fourth-order valence-corrected chi connectivity index (χ4v) is 9.96. The summed E-state index contributed by atoms with van der Waals surface area (Å²) < 4.78 is 0. The van der Waals surface area contributed by atoms with E-state index in [2.05, 4.69) is 23.6 Å². The Morgan fingerprint density at radius 1 is 0.556 bits per heavy atom. The minimum atomic E-state index is -0.534. The van der Waals surface area contributed by atoms with Crippen molar-refractivity contribution in [2.24, 2.45) is 5.41 Å². The minimum Gasteiger partial charge on any atom is -0.296 e. The van der Waals surface area contributed by atoms with Gasteiger partial charge in [-0.1, -0.05) is 77.6 Å². The Morgan fingerprint density at radius 3 is 1.56 bits per heavy atom. The van der Waals surface area contributed by atoms with Gasteiger partial charge in [-0.3, -0.25) is 20.2 Å². The smallest absolute Gasteiger partial charge is 0.175 e. The van der Waals surface area contributed by atoms with Crippen LogP contribution in [0.4, 0.5) is 0 Å². The molecular formula is C32H50N2O2. The second-order valence-electron chi connectivity index (χ2n) is 13.9. The van der Waals surface area contributed by atoms with E-state index in [1.807, 2.05) is 0 Å². The van der Waals surface area contributed by atoms with Crippen LogP contribution in [0.3, 0.4) is 0 Å². The highest BCUT2D eigenvalue weighted by Gasteiger charge is 2.64. The van der Waals surface area contributed by atoms with E-state index in [-0.39, 0.29) is 11.0 Å². The van der Waals surface area contributed by atoms with Crippen LogP contribution in [-0.2, 0) is 9.59 Å². The standard InChI is InChI=1S/C32H50N2O2/c1-2-28(14-8-3-4-9-15-28)25-24-26(35)30-17-10-5-6-11-18-32(34-30,23-21-30)27(36)31-19-13-7-12-16-29(25,33-31)20-22-31/h24,33-34H,2-23H2,1H3/b25-24-. The Balaban J connectivity index is 1.57. The molecule has 0 radical (unpaired) electrons. The first kappa shape index (κ1) is 25.3. The highest BCUT2D eigenvalue weighted by molar-refractivity contribution is 6.03. The van der Waals surface area contributed by atoms with Gasteiger partial charge in [0.25, 0.3) is 0 Å². The molecule has 5 fully saturated rings. The minimum absolute atomic E-state index is 0.0987. The molecule has 0 amide bonds. The Kier molecular flexibility index (Phi) is 6.55. The van der Waals surface area contributed by atoms with Crippen LogP contribution in [0.2, 0.25) is 0 Å². The van der Waals surface area contributed by atoms with E-state index >= 15 is 0 Å². The molecule has 200 valence electrons. The van der Waals surface area contributed by atoms with Crippen LogP contribution in [-0.4, -0.2) is 33.7 Å². The third kappa shape index (κ3) is 3.82. The molecule has 4 heteroatoms. The van der Waals surface area contributed by atoms with Gasteiger partial charge in [-0.15, -0.1) is 0 Å². The van der Waals surface area contributed by atoms with Gasteiger partial charge in [-0.2, -0.15) is 0 Å². The molecule has 0 aromatic rings. The Bertz CT molecular complexity index is 917. The molecular weight excluding hydrogens is 444 g/mol. The summed E-state index contributed by atoms with van der Waals surface area (Å²) in [5.41, 5.74) is -0.118. The molecule has 4 bridgehead atoms. The van der Waals surface area contributed by atoms with Gasteiger partial charge in [0.1, 0.15) is 0 Å². The third-order valence-corrected chi connectivity index (χ3v) is 12.0. The van der Waals surface area contributed by atoms with Crippen molar-refractivity contribution in [3.05, 3.63) is 11.6 Å². The summed E-state index contributed by atoms with van der Waals surface area (Å²) in [6.45, 7) is 2.37.